The summed E-state index contributed by atoms with van der Waals surface area (Å²) in [6.45, 7) is 1.55. The highest BCUT2D eigenvalue weighted by molar-refractivity contribution is 6.32. The number of amides is 2. The van der Waals surface area contributed by atoms with Gasteiger partial charge in [0.2, 0.25) is 0 Å². The molecule has 0 aliphatic carbocycles. The third-order valence-corrected chi connectivity index (χ3v) is 3.65. The van der Waals surface area contributed by atoms with Crippen molar-refractivity contribution in [3.63, 3.8) is 0 Å². The first-order valence-corrected chi connectivity index (χ1v) is 7.73. The van der Waals surface area contributed by atoms with E-state index < -0.39 is 5.91 Å². The van der Waals surface area contributed by atoms with Crippen LogP contribution in [0.25, 0.3) is 6.08 Å². The molecule has 6 nitrogen and oxygen atoms in total. The number of anilines is 1. The van der Waals surface area contributed by atoms with Gasteiger partial charge in [-0.2, -0.15) is 10.1 Å². The monoisotopic (exact) mass is 335 g/mol. The highest BCUT2D eigenvalue weighted by Gasteiger charge is 2.28. The lowest BCUT2D eigenvalue weighted by molar-refractivity contribution is -0.120. The van der Waals surface area contributed by atoms with Gasteiger partial charge in [0.05, 0.1) is 17.0 Å². The van der Waals surface area contributed by atoms with Gasteiger partial charge in [-0.05, 0) is 31.2 Å². The Morgan fingerprint density at radius 2 is 1.84 bits per heavy atom. The van der Waals surface area contributed by atoms with E-state index in [4.69, 9.17) is 10.5 Å². The predicted octanol–water partition coefficient (Wildman–Crippen LogP) is 2.36. The summed E-state index contributed by atoms with van der Waals surface area (Å²) in [7, 11) is 0. The van der Waals surface area contributed by atoms with E-state index in [0.29, 0.717) is 28.3 Å². The standard InChI is InChI=1S/C19H17N3O3/c1-13-16(19(24)22(21-13)15-8-3-2-4-9-15)11-14-7-5-6-10-17(14)25-12-18(20)23/h2-11H,12H2,1H3,(H2,20,23). The Hall–Kier alpha value is -3.41. The number of primary amides is 1. The Bertz CT molecular complexity index is 872. The van der Waals surface area contributed by atoms with Crippen molar-refractivity contribution in [2.24, 2.45) is 10.8 Å². The predicted molar refractivity (Wildman–Crippen MR) is 96.1 cm³/mol. The molecule has 25 heavy (non-hydrogen) atoms. The van der Waals surface area contributed by atoms with Crippen LogP contribution in [-0.2, 0) is 9.59 Å². The van der Waals surface area contributed by atoms with Crippen molar-refractivity contribution >= 4 is 29.3 Å². The number of hydrogen-bond acceptors (Lipinski definition) is 4. The van der Waals surface area contributed by atoms with Crippen LogP contribution in [0.2, 0.25) is 0 Å². The minimum Gasteiger partial charge on any atom is -0.483 e. The van der Waals surface area contributed by atoms with Gasteiger partial charge in [-0.25, -0.2) is 0 Å². The van der Waals surface area contributed by atoms with Gasteiger partial charge >= 0.3 is 0 Å². The Kier molecular flexibility index (Phi) is 4.61. The first-order chi connectivity index (χ1) is 12.1. The van der Waals surface area contributed by atoms with Crippen LogP contribution in [0, 0.1) is 0 Å². The minimum atomic E-state index is -0.563. The fraction of sp³-hybridized carbons (Fsp3) is 0.105. The van der Waals surface area contributed by atoms with Gasteiger partial charge in [-0.3, -0.25) is 9.59 Å². The van der Waals surface area contributed by atoms with Crippen LogP contribution in [0.5, 0.6) is 5.75 Å². The summed E-state index contributed by atoms with van der Waals surface area (Å²) >= 11 is 0. The molecule has 0 bridgehead atoms. The van der Waals surface area contributed by atoms with E-state index in [1.807, 2.05) is 36.4 Å². The van der Waals surface area contributed by atoms with Crippen LogP contribution in [0.4, 0.5) is 5.69 Å². The molecule has 0 unspecified atom stereocenters. The second kappa shape index (κ2) is 7.00. The van der Waals surface area contributed by atoms with E-state index in [1.54, 1.807) is 31.2 Å². The number of ether oxygens (including phenoxy) is 1. The molecule has 0 radical (unpaired) electrons. The van der Waals surface area contributed by atoms with Crippen LogP contribution in [0.1, 0.15) is 12.5 Å². The van der Waals surface area contributed by atoms with E-state index in [9.17, 15) is 9.59 Å². The van der Waals surface area contributed by atoms with Crippen molar-refractivity contribution in [1.82, 2.24) is 0 Å². The third kappa shape index (κ3) is 3.58. The molecule has 126 valence electrons. The molecule has 6 heteroatoms. The Morgan fingerprint density at radius 1 is 1.16 bits per heavy atom. The second-order valence-electron chi connectivity index (χ2n) is 5.49. The van der Waals surface area contributed by atoms with Gasteiger partial charge < -0.3 is 10.5 Å². The molecule has 0 aromatic heterocycles. The maximum absolute atomic E-state index is 12.7. The van der Waals surface area contributed by atoms with Gasteiger partial charge in [0.1, 0.15) is 5.75 Å². The van der Waals surface area contributed by atoms with Crippen LogP contribution >= 0.6 is 0 Å². The first kappa shape index (κ1) is 16.4. The molecule has 0 saturated carbocycles. The Morgan fingerprint density at radius 3 is 2.56 bits per heavy atom. The molecule has 1 heterocycles. The topological polar surface area (TPSA) is 85.0 Å². The zero-order valence-electron chi connectivity index (χ0n) is 13.7. The van der Waals surface area contributed by atoms with Gasteiger partial charge in [0.15, 0.2) is 6.61 Å². The van der Waals surface area contributed by atoms with Gasteiger partial charge in [0, 0.05) is 5.56 Å². The normalized spacial score (nSPS) is 15.4. The highest BCUT2D eigenvalue weighted by Crippen LogP contribution is 2.27. The molecular weight excluding hydrogens is 318 g/mol. The average Bonchev–Trinajstić information content (AvgIpc) is 2.90. The first-order valence-electron chi connectivity index (χ1n) is 7.73. The number of rotatable bonds is 5. The SMILES string of the molecule is CC1=NN(c2ccccc2)C(=O)C1=Cc1ccccc1OCC(N)=O. The third-order valence-electron chi connectivity index (χ3n) is 3.65. The van der Waals surface area contributed by atoms with Crippen molar-refractivity contribution in [2.45, 2.75) is 6.92 Å². The van der Waals surface area contributed by atoms with E-state index >= 15 is 0 Å². The number of hydrazone groups is 1. The van der Waals surface area contributed by atoms with Gasteiger partial charge in [-0.15, -0.1) is 0 Å². The summed E-state index contributed by atoms with van der Waals surface area (Å²) < 4.78 is 5.41. The van der Waals surface area contributed by atoms with Crippen molar-refractivity contribution in [1.29, 1.82) is 0 Å². The van der Waals surface area contributed by atoms with E-state index in [0.717, 1.165) is 0 Å². The largest absolute Gasteiger partial charge is 0.483 e. The number of hydrogen-bond donors (Lipinski definition) is 1. The number of nitrogens with two attached hydrogens (primary N) is 1. The molecule has 2 amide bonds. The fourth-order valence-electron chi connectivity index (χ4n) is 2.46. The molecular formula is C19H17N3O3. The maximum atomic E-state index is 12.7. The Balaban J connectivity index is 1.91. The second-order valence-corrected chi connectivity index (χ2v) is 5.49. The van der Waals surface area contributed by atoms with Crippen molar-refractivity contribution in [2.75, 3.05) is 11.6 Å². The van der Waals surface area contributed by atoms with Gasteiger partial charge in [-0.1, -0.05) is 36.4 Å². The summed E-state index contributed by atoms with van der Waals surface area (Å²) in [6, 6.07) is 16.3. The smallest absolute Gasteiger partial charge is 0.280 e. The molecule has 3 rings (SSSR count). The Labute approximate surface area is 145 Å². The molecule has 2 aromatic rings. The molecule has 2 N–H and O–H groups in total. The van der Waals surface area contributed by atoms with Crippen molar-refractivity contribution < 1.29 is 14.3 Å². The highest BCUT2D eigenvalue weighted by atomic mass is 16.5. The summed E-state index contributed by atoms with van der Waals surface area (Å²) in [6.07, 6.45) is 1.71. The molecule has 1 aliphatic rings. The van der Waals surface area contributed by atoms with E-state index in [2.05, 4.69) is 5.10 Å². The van der Waals surface area contributed by atoms with Crippen LogP contribution in [-0.4, -0.2) is 24.1 Å². The van der Waals surface area contributed by atoms with Crippen LogP contribution in [0.3, 0.4) is 0 Å². The molecule has 0 atom stereocenters. The summed E-state index contributed by atoms with van der Waals surface area (Å²) in [5.41, 5.74) is 7.58. The lowest BCUT2D eigenvalue weighted by Crippen LogP contribution is -2.21. The quantitative estimate of drug-likeness (QED) is 0.851. The molecule has 0 spiro atoms. The van der Waals surface area contributed by atoms with E-state index in [-0.39, 0.29) is 12.5 Å². The summed E-state index contributed by atoms with van der Waals surface area (Å²) in [5, 5.41) is 5.71. The molecule has 0 fully saturated rings. The van der Waals surface area contributed by atoms with E-state index in [1.165, 1.54) is 5.01 Å². The lowest BCUT2D eigenvalue weighted by atomic mass is 10.1. The van der Waals surface area contributed by atoms with Crippen LogP contribution in [0.15, 0.2) is 65.3 Å². The van der Waals surface area contributed by atoms with Crippen molar-refractivity contribution in [3.05, 3.63) is 65.7 Å². The number of carbonyl (C=O) groups excluding carboxylic acids is 2. The summed E-state index contributed by atoms with van der Waals surface area (Å²) in [5.74, 6) is -0.298. The molecule has 1 aliphatic heterocycles. The zero-order valence-corrected chi connectivity index (χ0v) is 13.7. The summed E-state index contributed by atoms with van der Waals surface area (Å²) in [4.78, 5) is 23.7. The number of para-hydroxylation sites is 2. The van der Waals surface area contributed by atoms with Crippen LogP contribution < -0.4 is 15.5 Å². The molecule has 2 aromatic carbocycles. The number of carbonyl (C=O) groups is 2. The number of nitrogens with zero attached hydrogens (tertiary/aromatic N) is 2. The lowest BCUT2D eigenvalue weighted by Gasteiger charge is -2.11. The fourth-order valence-corrected chi connectivity index (χ4v) is 2.46. The minimum absolute atomic E-state index is 0.214. The maximum Gasteiger partial charge on any atom is 0.280 e. The average molecular weight is 335 g/mol. The molecule has 0 saturated heterocycles. The van der Waals surface area contributed by atoms with Gasteiger partial charge in [0.25, 0.3) is 11.8 Å². The zero-order chi connectivity index (χ0) is 17.8. The van der Waals surface area contributed by atoms with Crippen molar-refractivity contribution in [3.8, 4) is 5.75 Å². The number of benzene rings is 2.